The zero-order chi connectivity index (χ0) is 38.7. The molecule has 11 nitrogen and oxygen atoms in total. The lowest BCUT2D eigenvalue weighted by Crippen LogP contribution is -2.61. The van der Waals surface area contributed by atoms with Gasteiger partial charge in [-0.1, -0.05) is 68.4 Å². The second-order valence-electron chi connectivity index (χ2n) is 12.3. The molecular formula is C35H38F6N4O7. The molecule has 17 heteroatoms. The molecule has 5 rings (SSSR count). The van der Waals surface area contributed by atoms with Gasteiger partial charge in [0, 0.05) is 29.8 Å². The number of aliphatic carboxylic acids is 2. The summed E-state index contributed by atoms with van der Waals surface area (Å²) in [6.07, 6.45) is -6.72. The summed E-state index contributed by atoms with van der Waals surface area (Å²) in [4.78, 5) is 48.8. The van der Waals surface area contributed by atoms with Gasteiger partial charge in [0.2, 0.25) is 5.91 Å². The first kappa shape index (κ1) is 41.2. The number of nitrogens with one attached hydrogen (secondary N) is 3. The van der Waals surface area contributed by atoms with Crippen molar-refractivity contribution in [3.63, 3.8) is 0 Å². The number of carboxylic acid groups (broad SMARTS) is 2. The van der Waals surface area contributed by atoms with E-state index in [0.29, 0.717) is 6.42 Å². The summed E-state index contributed by atoms with van der Waals surface area (Å²) >= 11 is 0. The van der Waals surface area contributed by atoms with E-state index in [1.807, 2.05) is 56.3 Å². The molecule has 2 aliphatic rings. The molecule has 0 radical (unpaired) electrons. The van der Waals surface area contributed by atoms with Crippen LogP contribution >= 0.6 is 0 Å². The number of carboxylic acids is 2. The first-order chi connectivity index (χ1) is 24.3. The van der Waals surface area contributed by atoms with Crippen LogP contribution in [0.5, 0.6) is 0 Å². The fourth-order valence-corrected chi connectivity index (χ4v) is 5.74. The third-order valence-electron chi connectivity index (χ3n) is 8.25. The number of amides is 2. The molecule has 282 valence electrons. The minimum absolute atomic E-state index is 0.0316. The van der Waals surface area contributed by atoms with Gasteiger partial charge in [0.05, 0.1) is 0 Å². The number of pyridine rings is 1. The monoisotopic (exact) mass is 740 g/mol. The van der Waals surface area contributed by atoms with E-state index < -0.39 is 42.0 Å². The highest BCUT2D eigenvalue weighted by molar-refractivity contribution is 5.86. The Morgan fingerprint density at radius 3 is 1.77 bits per heavy atom. The van der Waals surface area contributed by atoms with Gasteiger partial charge in [-0.15, -0.1) is 0 Å². The SMILES string of the molecule is CC(C)[C@H](NC(=O)OCC1c2ccccc2-c2ccccc21)C(=O)NC1(Cc2ccccn2)CCNCC1.O=C(O)C(F)(F)F.O=C(O)C(F)(F)F. The number of nitrogens with zero attached hydrogens (tertiary/aromatic N) is 1. The summed E-state index contributed by atoms with van der Waals surface area (Å²) in [5.41, 5.74) is 5.20. The van der Waals surface area contributed by atoms with E-state index in [0.717, 1.165) is 42.8 Å². The van der Waals surface area contributed by atoms with E-state index in [1.165, 1.54) is 11.1 Å². The lowest BCUT2D eigenvalue weighted by atomic mass is 9.83. The van der Waals surface area contributed by atoms with Crippen LogP contribution in [-0.4, -0.2) is 82.8 Å². The van der Waals surface area contributed by atoms with Gasteiger partial charge < -0.3 is 30.9 Å². The highest BCUT2D eigenvalue weighted by atomic mass is 19.4. The number of alkyl carbamates (subject to hydrolysis) is 1. The Bertz CT molecular complexity index is 1610. The van der Waals surface area contributed by atoms with E-state index in [9.17, 15) is 35.9 Å². The third kappa shape index (κ3) is 11.7. The van der Waals surface area contributed by atoms with Crippen LogP contribution in [0.1, 0.15) is 49.4 Å². The van der Waals surface area contributed by atoms with Gasteiger partial charge >= 0.3 is 30.4 Å². The Morgan fingerprint density at radius 2 is 1.33 bits per heavy atom. The average Bonchev–Trinajstić information content (AvgIpc) is 3.40. The van der Waals surface area contributed by atoms with Crippen molar-refractivity contribution in [2.75, 3.05) is 19.7 Å². The number of benzene rings is 2. The number of rotatable bonds is 8. The Balaban J connectivity index is 0.000000441. The Kier molecular flexibility index (Phi) is 14.1. The molecular weight excluding hydrogens is 702 g/mol. The molecule has 5 N–H and O–H groups in total. The van der Waals surface area contributed by atoms with E-state index in [-0.39, 0.29) is 24.3 Å². The summed E-state index contributed by atoms with van der Waals surface area (Å²) < 4.78 is 69.2. The van der Waals surface area contributed by atoms with Gasteiger partial charge in [0.1, 0.15) is 12.6 Å². The van der Waals surface area contributed by atoms with Gasteiger partial charge in [-0.05, 0) is 66.2 Å². The van der Waals surface area contributed by atoms with Crippen molar-refractivity contribution >= 4 is 23.9 Å². The van der Waals surface area contributed by atoms with Gasteiger partial charge in [-0.25, -0.2) is 14.4 Å². The highest BCUT2D eigenvalue weighted by Crippen LogP contribution is 2.44. The lowest BCUT2D eigenvalue weighted by Gasteiger charge is -2.39. The van der Waals surface area contributed by atoms with Gasteiger partial charge in [0.25, 0.3) is 0 Å². The largest absolute Gasteiger partial charge is 0.490 e. The predicted molar refractivity (Wildman–Crippen MR) is 175 cm³/mol. The highest BCUT2D eigenvalue weighted by Gasteiger charge is 2.39. The molecule has 1 aliphatic heterocycles. The molecule has 2 amide bonds. The zero-order valence-corrected chi connectivity index (χ0v) is 28.1. The second-order valence-corrected chi connectivity index (χ2v) is 12.3. The zero-order valence-electron chi connectivity index (χ0n) is 28.1. The number of alkyl halides is 6. The number of halogens is 6. The van der Waals surface area contributed by atoms with Crippen molar-refractivity contribution in [3.8, 4) is 11.1 Å². The number of carbonyl (C=O) groups excluding carboxylic acids is 2. The predicted octanol–water partition coefficient (Wildman–Crippen LogP) is 5.69. The molecule has 2 aromatic carbocycles. The molecule has 2 heterocycles. The van der Waals surface area contributed by atoms with Crippen LogP contribution in [0.2, 0.25) is 0 Å². The normalized spacial score (nSPS) is 15.3. The van der Waals surface area contributed by atoms with Gasteiger partial charge in [-0.3, -0.25) is 9.78 Å². The maximum atomic E-state index is 13.5. The number of piperidine rings is 1. The summed E-state index contributed by atoms with van der Waals surface area (Å²) in [6, 6.07) is 21.6. The molecule has 0 bridgehead atoms. The van der Waals surface area contributed by atoms with Crippen molar-refractivity contribution in [2.45, 2.75) is 63.0 Å². The van der Waals surface area contributed by atoms with Crippen LogP contribution in [-0.2, 0) is 25.5 Å². The van der Waals surface area contributed by atoms with Crippen molar-refractivity contribution in [2.24, 2.45) is 5.92 Å². The maximum absolute atomic E-state index is 13.5. The number of hydrogen-bond acceptors (Lipinski definition) is 7. The first-order valence-corrected chi connectivity index (χ1v) is 16.0. The summed E-state index contributed by atoms with van der Waals surface area (Å²) in [5.74, 6) is -5.84. The van der Waals surface area contributed by atoms with E-state index in [4.69, 9.17) is 24.5 Å². The van der Waals surface area contributed by atoms with Crippen molar-refractivity contribution < 1.29 is 60.5 Å². The van der Waals surface area contributed by atoms with Gasteiger partial charge in [-0.2, -0.15) is 26.3 Å². The molecule has 0 spiro atoms. The second kappa shape index (κ2) is 17.8. The molecule has 1 atom stereocenters. The van der Waals surface area contributed by atoms with Crippen LogP contribution in [0, 0.1) is 5.92 Å². The van der Waals surface area contributed by atoms with Crippen LogP contribution in [0.3, 0.4) is 0 Å². The van der Waals surface area contributed by atoms with Crippen LogP contribution in [0.4, 0.5) is 31.1 Å². The average molecular weight is 741 g/mol. The fourth-order valence-electron chi connectivity index (χ4n) is 5.74. The summed E-state index contributed by atoms with van der Waals surface area (Å²) in [5, 5.41) is 23.8. The fraction of sp³-hybridized carbons (Fsp3) is 0.400. The third-order valence-corrected chi connectivity index (χ3v) is 8.25. The maximum Gasteiger partial charge on any atom is 0.490 e. The molecule has 0 unspecified atom stereocenters. The topological polar surface area (TPSA) is 167 Å². The quantitative estimate of drug-likeness (QED) is 0.182. The Morgan fingerprint density at radius 1 is 0.846 bits per heavy atom. The van der Waals surface area contributed by atoms with Crippen molar-refractivity contribution in [3.05, 3.63) is 89.7 Å². The number of aromatic nitrogens is 1. The molecule has 1 fully saturated rings. The lowest BCUT2D eigenvalue weighted by molar-refractivity contribution is -0.193. The molecule has 52 heavy (non-hydrogen) atoms. The van der Waals surface area contributed by atoms with Crippen LogP contribution in [0.25, 0.3) is 11.1 Å². The number of carbonyl (C=O) groups is 4. The Hall–Kier alpha value is -5.19. The molecule has 0 saturated carbocycles. The summed E-state index contributed by atoms with van der Waals surface area (Å²) in [7, 11) is 0. The smallest absolute Gasteiger partial charge is 0.475 e. The minimum atomic E-state index is -5.08. The van der Waals surface area contributed by atoms with E-state index in [1.54, 1.807) is 6.20 Å². The first-order valence-electron chi connectivity index (χ1n) is 16.0. The summed E-state index contributed by atoms with van der Waals surface area (Å²) in [6.45, 7) is 5.71. The van der Waals surface area contributed by atoms with Crippen molar-refractivity contribution in [1.82, 2.24) is 20.9 Å². The van der Waals surface area contributed by atoms with E-state index >= 15 is 0 Å². The van der Waals surface area contributed by atoms with Crippen LogP contribution < -0.4 is 16.0 Å². The number of ether oxygens (including phenoxy) is 1. The van der Waals surface area contributed by atoms with E-state index in [2.05, 4.69) is 45.2 Å². The minimum Gasteiger partial charge on any atom is -0.475 e. The molecule has 1 aliphatic carbocycles. The van der Waals surface area contributed by atoms with Gasteiger partial charge in [0.15, 0.2) is 0 Å². The number of hydrogen-bond donors (Lipinski definition) is 5. The van der Waals surface area contributed by atoms with Crippen LogP contribution in [0.15, 0.2) is 72.9 Å². The molecule has 1 saturated heterocycles. The number of fused-ring (bicyclic) bond motifs is 3. The molecule has 1 aromatic heterocycles. The standard InChI is InChI=1S/C31H36N4O3.2C2HF3O2/c1-21(2)28(29(36)35-31(14-17-32-18-15-31)19-22-9-7-8-16-33-22)34-30(37)38-20-27-25-12-5-3-10-23(25)24-11-4-6-13-26(24)27;2*3-2(4,5)1(6)7/h3-13,16,21,27-28,32H,14-15,17-20H2,1-2H3,(H,34,37)(H,35,36);2*(H,6,7)/t28-;;/m0../s1. The Labute approximate surface area is 294 Å². The van der Waals surface area contributed by atoms with Crippen molar-refractivity contribution in [1.29, 1.82) is 0 Å². The molecule has 3 aromatic rings.